The Balaban J connectivity index is 1.51. The number of carbonyl (C=O) groups excluding carboxylic acids is 2. The van der Waals surface area contributed by atoms with Gasteiger partial charge in [0.15, 0.2) is 0 Å². The first kappa shape index (κ1) is 20.8. The van der Waals surface area contributed by atoms with Gasteiger partial charge >= 0.3 is 0 Å². The Kier molecular flexibility index (Phi) is 7.17. The Hall–Kier alpha value is -2.95. The first-order chi connectivity index (χ1) is 14.0. The molecule has 5 nitrogen and oxygen atoms in total. The summed E-state index contributed by atoms with van der Waals surface area (Å²) in [4.78, 5) is 24.6. The minimum Gasteiger partial charge on any atom is -0.326 e. The molecule has 1 saturated carbocycles. The Bertz CT molecular complexity index is 849. The van der Waals surface area contributed by atoms with Crippen LogP contribution in [0.15, 0.2) is 53.6 Å². The number of nitrogens with one attached hydrogen (secondary N) is 2. The summed E-state index contributed by atoms with van der Waals surface area (Å²) >= 11 is 0. The van der Waals surface area contributed by atoms with E-state index in [-0.39, 0.29) is 17.7 Å². The van der Waals surface area contributed by atoms with Gasteiger partial charge in [-0.15, -0.1) is 0 Å². The zero-order chi connectivity index (χ0) is 20.6. The molecule has 1 aliphatic rings. The van der Waals surface area contributed by atoms with Crippen molar-refractivity contribution in [1.82, 2.24) is 5.43 Å². The van der Waals surface area contributed by atoms with Crippen LogP contribution >= 0.6 is 0 Å². The van der Waals surface area contributed by atoms with E-state index >= 15 is 0 Å². The lowest BCUT2D eigenvalue weighted by molar-refractivity contribution is -0.120. The average Bonchev–Trinajstić information content (AvgIpc) is 2.75. The number of benzene rings is 2. The summed E-state index contributed by atoms with van der Waals surface area (Å²) in [7, 11) is 0. The molecule has 0 radical (unpaired) electrons. The summed E-state index contributed by atoms with van der Waals surface area (Å²) in [5, 5.41) is 6.98. The van der Waals surface area contributed by atoms with Crippen LogP contribution in [0.1, 0.15) is 73.4 Å². The molecule has 0 atom stereocenters. The molecule has 1 aliphatic carbocycles. The normalized spacial score (nSPS) is 14.9. The first-order valence-electron chi connectivity index (χ1n) is 10.4. The Morgan fingerprint density at radius 2 is 1.62 bits per heavy atom. The fraction of sp³-hybridized carbons (Fsp3) is 0.375. The smallest absolute Gasteiger partial charge is 0.271 e. The van der Waals surface area contributed by atoms with E-state index in [1.54, 1.807) is 30.5 Å². The lowest BCUT2D eigenvalue weighted by Crippen LogP contribution is -2.24. The number of nitrogens with zero attached hydrogens (tertiary/aromatic N) is 1. The number of hydrogen-bond acceptors (Lipinski definition) is 3. The van der Waals surface area contributed by atoms with Crippen molar-refractivity contribution in [3.63, 3.8) is 0 Å². The predicted molar refractivity (Wildman–Crippen MR) is 117 cm³/mol. The Morgan fingerprint density at radius 1 is 0.966 bits per heavy atom. The van der Waals surface area contributed by atoms with Gasteiger partial charge in [-0.2, -0.15) is 5.10 Å². The number of carbonyl (C=O) groups is 2. The molecule has 1 fully saturated rings. The largest absolute Gasteiger partial charge is 0.326 e. The van der Waals surface area contributed by atoms with E-state index in [9.17, 15) is 9.59 Å². The molecule has 152 valence electrons. The van der Waals surface area contributed by atoms with Crippen molar-refractivity contribution in [2.75, 3.05) is 5.32 Å². The number of anilines is 1. The van der Waals surface area contributed by atoms with E-state index in [2.05, 4.69) is 41.8 Å². The van der Waals surface area contributed by atoms with E-state index in [0.29, 0.717) is 17.2 Å². The molecule has 2 N–H and O–H groups in total. The molecule has 29 heavy (non-hydrogen) atoms. The van der Waals surface area contributed by atoms with Gasteiger partial charge in [0.2, 0.25) is 5.91 Å². The third-order valence-corrected chi connectivity index (χ3v) is 5.37. The summed E-state index contributed by atoms with van der Waals surface area (Å²) in [6.45, 7) is 4.30. The van der Waals surface area contributed by atoms with E-state index < -0.39 is 0 Å². The quantitative estimate of drug-likeness (QED) is 0.532. The second-order valence-electron chi connectivity index (χ2n) is 7.92. The van der Waals surface area contributed by atoms with Crippen LogP contribution in [0.25, 0.3) is 0 Å². The van der Waals surface area contributed by atoms with Gasteiger partial charge in [-0.3, -0.25) is 9.59 Å². The van der Waals surface area contributed by atoms with Gasteiger partial charge in [0.05, 0.1) is 6.21 Å². The summed E-state index contributed by atoms with van der Waals surface area (Å²) in [5.41, 5.74) is 5.94. The van der Waals surface area contributed by atoms with Crippen molar-refractivity contribution >= 4 is 23.7 Å². The van der Waals surface area contributed by atoms with Crippen LogP contribution in [0.4, 0.5) is 5.69 Å². The molecule has 0 aromatic heterocycles. The number of hydrogen-bond donors (Lipinski definition) is 2. The molecule has 2 aromatic rings. The molecule has 0 saturated heterocycles. The van der Waals surface area contributed by atoms with E-state index in [1.165, 1.54) is 12.0 Å². The Labute approximate surface area is 172 Å². The zero-order valence-electron chi connectivity index (χ0n) is 17.2. The first-order valence-corrected chi connectivity index (χ1v) is 10.4. The number of hydrazone groups is 1. The summed E-state index contributed by atoms with van der Waals surface area (Å²) < 4.78 is 0. The molecule has 2 amide bonds. The molecule has 3 rings (SSSR count). The van der Waals surface area contributed by atoms with Gasteiger partial charge in [0, 0.05) is 17.2 Å². The molecule has 2 aromatic carbocycles. The highest BCUT2D eigenvalue weighted by atomic mass is 16.2. The minimum atomic E-state index is -0.287. The van der Waals surface area contributed by atoms with Crippen molar-refractivity contribution in [1.29, 1.82) is 0 Å². The fourth-order valence-corrected chi connectivity index (χ4v) is 3.51. The lowest BCUT2D eigenvalue weighted by Gasteiger charge is -2.20. The van der Waals surface area contributed by atoms with Crippen molar-refractivity contribution in [3.8, 4) is 0 Å². The summed E-state index contributed by atoms with van der Waals surface area (Å²) in [6.07, 6.45) is 7.02. The maximum absolute atomic E-state index is 12.3. The maximum atomic E-state index is 12.3. The predicted octanol–water partition coefficient (Wildman–Crippen LogP) is 5.09. The van der Waals surface area contributed by atoms with Crippen molar-refractivity contribution < 1.29 is 9.59 Å². The zero-order valence-corrected chi connectivity index (χ0v) is 17.2. The minimum absolute atomic E-state index is 0.0787. The molecular formula is C24H29N3O2. The van der Waals surface area contributed by atoms with Crippen LogP contribution in [0.5, 0.6) is 0 Å². The summed E-state index contributed by atoms with van der Waals surface area (Å²) in [6, 6.07) is 15.0. The standard InChI is InChI=1S/C24H29N3O2/c1-17(2)19-10-8-18(9-11-19)16-25-27-24(29)21-12-14-22(15-13-21)26-23(28)20-6-4-3-5-7-20/h8-17,20H,3-7H2,1-2H3,(H,26,28)(H,27,29). The van der Waals surface area contributed by atoms with Gasteiger partial charge < -0.3 is 5.32 Å². The molecule has 0 aliphatic heterocycles. The summed E-state index contributed by atoms with van der Waals surface area (Å²) in [5.74, 6) is 0.381. The highest BCUT2D eigenvalue weighted by Crippen LogP contribution is 2.25. The van der Waals surface area contributed by atoms with Gasteiger partial charge in [-0.25, -0.2) is 5.43 Å². The fourth-order valence-electron chi connectivity index (χ4n) is 3.51. The maximum Gasteiger partial charge on any atom is 0.271 e. The Morgan fingerprint density at radius 3 is 2.24 bits per heavy atom. The lowest BCUT2D eigenvalue weighted by atomic mass is 9.88. The third-order valence-electron chi connectivity index (χ3n) is 5.37. The molecule has 0 unspecified atom stereocenters. The van der Waals surface area contributed by atoms with Crippen molar-refractivity contribution in [3.05, 3.63) is 65.2 Å². The van der Waals surface area contributed by atoms with Gasteiger partial charge in [-0.1, -0.05) is 57.4 Å². The molecular weight excluding hydrogens is 362 g/mol. The molecule has 0 heterocycles. The second-order valence-corrected chi connectivity index (χ2v) is 7.92. The third kappa shape index (κ3) is 6.01. The monoisotopic (exact) mass is 391 g/mol. The van der Waals surface area contributed by atoms with E-state index in [1.807, 2.05) is 12.1 Å². The van der Waals surface area contributed by atoms with Crippen LogP contribution in [0.2, 0.25) is 0 Å². The van der Waals surface area contributed by atoms with Crippen LogP contribution in [0.3, 0.4) is 0 Å². The number of amides is 2. The molecule has 5 heteroatoms. The molecule has 0 spiro atoms. The number of rotatable bonds is 6. The van der Waals surface area contributed by atoms with Gasteiger partial charge in [0.25, 0.3) is 5.91 Å². The average molecular weight is 392 g/mol. The van der Waals surface area contributed by atoms with Crippen LogP contribution in [0, 0.1) is 5.92 Å². The highest BCUT2D eigenvalue weighted by Gasteiger charge is 2.21. The van der Waals surface area contributed by atoms with Crippen molar-refractivity contribution in [2.24, 2.45) is 11.0 Å². The highest BCUT2D eigenvalue weighted by molar-refractivity contribution is 5.96. The van der Waals surface area contributed by atoms with E-state index in [0.717, 1.165) is 31.2 Å². The van der Waals surface area contributed by atoms with Crippen molar-refractivity contribution in [2.45, 2.75) is 51.9 Å². The van der Waals surface area contributed by atoms with Gasteiger partial charge in [-0.05, 0) is 54.2 Å². The van der Waals surface area contributed by atoms with Crippen LogP contribution in [-0.2, 0) is 4.79 Å². The topological polar surface area (TPSA) is 70.6 Å². The SMILES string of the molecule is CC(C)c1ccc(C=NNC(=O)c2ccc(NC(=O)C3CCCCC3)cc2)cc1. The second kappa shape index (κ2) is 10.0. The van der Waals surface area contributed by atoms with E-state index in [4.69, 9.17) is 0 Å². The van der Waals surface area contributed by atoms with Crippen LogP contribution < -0.4 is 10.7 Å². The van der Waals surface area contributed by atoms with Gasteiger partial charge in [0.1, 0.15) is 0 Å². The molecule has 0 bridgehead atoms. The van der Waals surface area contributed by atoms with Crippen LogP contribution in [-0.4, -0.2) is 18.0 Å².